The smallest absolute Gasteiger partial charge is 0.240 e. The molecule has 7 N–H and O–H groups in total. The Bertz CT molecular complexity index is 279. The molecule has 0 fully saturated rings. The summed E-state index contributed by atoms with van der Waals surface area (Å²) in [5.74, 6) is 5.76. The van der Waals surface area contributed by atoms with Gasteiger partial charge in [-0.25, -0.2) is 4.68 Å². The highest BCUT2D eigenvalue weighted by molar-refractivity contribution is 5.20. The van der Waals surface area contributed by atoms with Gasteiger partial charge < -0.3 is 22.4 Å². The molecule has 12 heavy (non-hydrogen) atoms. The summed E-state index contributed by atoms with van der Waals surface area (Å²) in [6, 6.07) is 0. The van der Waals surface area contributed by atoms with E-state index in [4.69, 9.17) is 22.4 Å². The fourth-order valence-electron chi connectivity index (χ4n) is 0.764. The van der Waals surface area contributed by atoms with E-state index < -0.39 is 5.54 Å². The van der Waals surface area contributed by atoms with Gasteiger partial charge in [0.15, 0.2) is 5.82 Å². The maximum Gasteiger partial charge on any atom is 0.240 e. The number of hydrogen-bond acceptors (Lipinski definition) is 6. The van der Waals surface area contributed by atoms with E-state index in [0.717, 1.165) is 4.68 Å². The Balaban J connectivity index is 3.11. The predicted octanol–water partition coefficient (Wildman–Crippen LogP) is -2.26. The van der Waals surface area contributed by atoms with Crippen LogP contribution in [0.3, 0.4) is 0 Å². The van der Waals surface area contributed by atoms with Crippen molar-refractivity contribution in [3.8, 4) is 0 Å². The molecule has 0 aromatic carbocycles. The molecule has 7 heteroatoms. The number of nitrogens with zero attached hydrogens (tertiary/aromatic N) is 3. The Hall–Kier alpha value is -1.34. The molecule has 1 unspecified atom stereocenters. The van der Waals surface area contributed by atoms with E-state index in [2.05, 4.69) is 10.2 Å². The van der Waals surface area contributed by atoms with Crippen LogP contribution in [-0.4, -0.2) is 26.6 Å². The molecule has 0 bridgehead atoms. The van der Waals surface area contributed by atoms with Crippen LogP contribution in [0.5, 0.6) is 0 Å². The van der Waals surface area contributed by atoms with Crippen molar-refractivity contribution in [2.45, 2.75) is 12.5 Å². The van der Waals surface area contributed by atoms with Crippen LogP contribution in [-0.2, 0) is 5.54 Å². The third kappa shape index (κ3) is 1.19. The maximum absolute atomic E-state index is 8.88. The van der Waals surface area contributed by atoms with Gasteiger partial charge in [0, 0.05) is 0 Å². The van der Waals surface area contributed by atoms with E-state index in [1.807, 2.05) is 0 Å². The minimum Gasteiger partial charge on any atom is -0.394 e. The van der Waals surface area contributed by atoms with Crippen LogP contribution in [0.2, 0.25) is 0 Å². The zero-order valence-electron chi connectivity index (χ0n) is 6.73. The highest BCUT2D eigenvalue weighted by Crippen LogP contribution is 2.13. The summed E-state index contributed by atoms with van der Waals surface area (Å²) in [7, 11) is 0. The molecule has 1 aromatic heterocycles. The second kappa shape index (κ2) is 2.61. The zero-order valence-corrected chi connectivity index (χ0v) is 6.73. The number of aliphatic hydroxyl groups is 1. The van der Waals surface area contributed by atoms with Crippen LogP contribution in [0.4, 0.5) is 5.95 Å². The molecule has 0 saturated heterocycles. The van der Waals surface area contributed by atoms with Crippen LogP contribution in [0.15, 0.2) is 0 Å². The van der Waals surface area contributed by atoms with Crippen LogP contribution in [0, 0.1) is 0 Å². The summed E-state index contributed by atoms with van der Waals surface area (Å²) in [5.41, 5.74) is 9.95. The first kappa shape index (κ1) is 8.75. The fourth-order valence-corrected chi connectivity index (χ4v) is 0.764. The summed E-state index contributed by atoms with van der Waals surface area (Å²) in [5, 5.41) is 16.0. The maximum atomic E-state index is 8.88. The first-order chi connectivity index (χ1) is 5.49. The van der Waals surface area contributed by atoms with Gasteiger partial charge in [-0.3, -0.25) is 0 Å². The number of rotatable bonds is 2. The van der Waals surface area contributed by atoms with E-state index in [-0.39, 0.29) is 18.4 Å². The molecule has 1 heterocycles. The van der Waals surface area contributed by atoms with Crippen molar-refractivity contribution >= 4 is 5.95 Å². The molecule has 0 aliphatic rings. The molecule has 0 radical (unpaired) electrons. The van der Waals surface area contributed by atoms with Gasteiger partial charge in [-0.15, -0.1) is 10.2 Å². The number of aliphatic hydroxyl groups excluding tert-OH is 1. The Labute approximate surface area is 69.1 Å². The summed E-state index contributed by atoms with van der Waals surface area (Å²) >= 11 is 0. The lowest BCUT2D eigenvalue weighted by Gasteiger charge is -2.19. The summed E-state index contributed by atoms with van der Waals surface area (Å²) in [6.07, 6.45) is 0. The monoisotopic (exact) mass is 172 g/mol. The second-order valence-corrected chi connectivity index (χ2v) is 2.83. The van der Waals surface area contributed by atoms with Crippen LogP contribution >= 0.6 is 0 Å². The molecule has 0 aliphatic heterocycles. The highest BCUT2D eigenvalue weighted by atomic mass is 16.3. The molecular weight excluding hydrogens is 160 g/mol. The Morgan fingerprint density at radius 2 is 2.17 bits per heavy atom. The van der Waals surface area contributed by atoms with Crippen molar-refractivity contribution in [1.29, 1.82) is 0 Å². The largest absolute Gasteiger partial charge is 0.394 e. The Kier molecular flexibility index (Phi) is 1.90. The molecule has 68 valence electrons. The first-order valence-electron chi connectivity index (χ1n) is 3.35. The van der Waals surface area contributed by atoms with E-state index in [1.54, 1.807) is 6.92 Å². The van der Waals surface area contributed by atoms with Crippen molar-refractivity contribution in [2.24, 2.45) is 5.73 Å². The zero-order chi connectivity index (χ0) is 9.35. The van der Waals surface area contributed by atoms with Crippen molar-refractivity contribution in [3.05, 3.63) is 5.82 Å². The van der Waals surface area contributed by atoms with Crippen molar-refractivity contribution in [1.82, 2.24) is 14.9 Å². The average molecular weight is 172 g/mol. The quantitative estimate of drug-likeness (QED) is 0.372. The van der Waals surface area contributed by atoms with Gasteiger partial charge in [-0.2, -0.15) is 0 Å². The molecule has 7 nitrogen and oxygen atoms in total. The molecule has 0 amide bonds. The van der Waals surface area contributed by atoms with E-state index >= 15 is 0 Å². The van der Waals surface area contributed by atoms with Crippen molar-refractivity contribution in [2.75, 3.05) is 18.2 Å². The molecule has 1 aromatic rings. The lowest BCUT2D eigenvalue weighted by atomic mass is 10.1. The minimum absolute atomic E-state index is 0.0649. The summed E-state index contributed by atoms with van der Waals surface area (Å²) in [4.78, 5) is 0. The van der Waals surface area contributed by atoms with E-state index in [1.165, 1.54) is 0 Å². The number of hydrogen-bond donors (Lipinski definition) is 4. The van der Waals surface area contributed by atoms with Crippen LogP contribution < -0.4 is 17.3 Å². The molecule has 0 spiro atoms. The van der Waals surface area contributed by atoms with Crippen LogP contribution in [0.1, 0.15) is 12.7 Å². The standard InChI is InChI=1S/C5H12N6O/c1-5(7,2-12)3-9-10-4(6)11(3)8/h12H,2,7-8H2,1H3,(H2,6,10). The normalized spacial score (nSPS) is 15.9. The van der Waals surface area contributed by atoms with Gasteiger partial charge in [-0.05, 0) is 6.92 Å². The van der Waals surface area contributed by atoms with Crippen molar-refractivity contribution < 1.29 is 5.11 Å². The van der Waals surface area contributed by atoms with E-state index in [9.17, 15) is 0 Å². The molecule has 0 aliphatic carbocycles. The third-order valence-corrected chi connectivity index (χ3v) is 1.56. The Morgan fingerprint density at radius 1 is 1.58 bits per heavy atom. The Morgan fingerprint density at radius 3 is 2.50 bits per heavy atom. The second-order valence-electron chi connectivity index (χ2n) is 2.83. The lowest BCUT2D eigenvalue weighted by molar-refractivity contribution is 0.201. The van der Waals surface area contributed by atoms with Gasteiger partial charge in [0.1, 0.15) is 0 Å². The van der Waals surface area contributed by atoms with E-state index in [0.29, 0.717) is 0 Å². The molecular formula is C5H12N6O. The highest BCUT2D eigenvalue weighted by Gasteiger charge is 2.27. The third-order valence-electron chi connectivity index (χ3n) is 1.56. The van der Waals surface area contributed by atoms with Gasteiger partial charge >= 0.3 is 0 Å². The van der Waals surface area contributed by atoms with Gasteiger partial charge in [0.25, 0.3) is 0 Å². The summed E-state index contributed by atoms with van der Waals surface area (Å²) < 4.78 is 1.05. The van der Waals surface area contributed by atoms with Crippen LogP contribution in [0.25, 0.3) is 0 Å². The van der Waals surface area contributed by atoms with Crippen molar-refractivity contribution in [3.63, 3.8) is 0 Å². The SMILES string of the molecule is CC(N)(CO)c1nnc(N)n1N. The predicted molar refractivity (Wildman–Crippen MR) is 43.2 cm³/mol. The lowest BCUT2D eigenvalue weighted by Crippen LogP contribution is -2.41. The van der Waals surface area contributed by atoms with Gasteiger partial charge in [0.05, 0.1) is 12.1 Å². The number of nitrogens with two attached hydrogens (primary N) is 3. The molecule has 1 atom stereocenters. The molecule has 0 saturated carbocycles. The van der Waals surface area contributed by atoms with Gasteiger partial charge in [-0.1, -0.05) is 0 Å². The number of nitrogen functional groups attached to an aromatic ring is 2. The minimum atomic E-state index is -1.01. The number of anilines is 1. The summed E-state index contributed by atoms with van der Waals surface area (Å²) in [6.45, 7) is 1.31. The first-order valence-corrected chi connectivity index (χ1v) is 3.35. The number of aromatic nitrogens is 3. The topological polar surface area (TPSA) is 129 Å². The fraction of sp³-hybridized carbons (Fsp3) is 0.600. The van der Waals surface area contributed by atoms with Gasteiger partial charge in [0.2, 0.25) is 5.95 Å². The average Bonchev–Trinajstić information content (AvgIpc) is 2.33. The molecule has 1 rings (SSSR count).